The predicted octanol–water partition coefficient (Wildman–Crippen LogP) is 2.61. The van der Waals surface area contributed by atoms with E-state index >= 15 is 0 Å². The zero-order valence-electron chi connectivity index (χ0n) is 16.2. The molecule has 1 aliphatic rings. The van der Waals surface area contributed by atoms with E-state index in [0.29, 0.717) is 19.2 Å². The largest absolute Gasteiger partial charge is 0.324 e. The predicted molar refractivity (Wildman–Crippen MR) is 106 cm³/mol. The molecule has 1 atom stereocenters. The van der Waals surface area contributed by atoms with Gasteiger partial charge in [-0.15, -0.1) is 0 Å². The Bertz CT molecular complexity index is 1010. The highest BCUT2D eigenvalue weighted by molar-refractivity contribution is 7.89. The number of rotatable bonds is 5. The van der Waals surface area contributed by atoms with E-state index in [-0.39, 0.29) is 23.9 Å². The molecule has 1 N–H and O–H groups in total. The zero-order valence-corrected chi connectivity index (χ0v) is 17.0. The van der Waals surface area contributed by atoms with Crippen molar-refractivity contribution in [1.29, 1.82) is 0 Å². The van der Waals surface area contributed by atoms with Crippen LogP contribution < -0.4 is 5.32 Å². The summed E-state index contributed by atoms with van der Waals surface area (Å²) in [6, 6.07) is 9.57. The Morgan fingerprint density at radius 3 is 2.31 bits per heavy atom. The van der Waals surface area contributed by atoms with Gasteiger partial charge in [-0.25, -0.2) is 17.2 Å². The molecule has 2 aromatic rings. The molecule has 3 rings (SSSR count). The second kappa shape index (κ2) is 8.56. The number of carbonyl (C=O) groups excluding carboxylic acids is 1. The van der Waals surface area contributed by atoms with Crippen molar-refractivity contribution < 1.29 is 22.0 Å². The van der Waals surface area contributed by atoms with E-state index < -0.39 is 27.7 Å². The minimum absolute atomic E-state index is 0.156. The number of hydrogen-bond acceptors (Lipinski definition) is 4. The van der Waals surface area contributed by atoms with E-state index in [0.717, 1.165) is 23.4 Å². The van der Waals surface area contributed by atoms with Gasteiger partial charge in [0.2, 0.25) is 15.9 Å². The van der Waals surface area contributed by atoms with Crippen molar-refractivity contribution in [3.8, 4) is 0 Å². The minimum atomic E-state index is -3.93. The molecule has 1 amide bonds. The summed E-state index contributed by atoms with van der Waals surface area (Å²) in [6.07, 6.45) is 0. The molecule has 0 aromatic heterocycles. The number of nitrogens with one attached hydrogen (secondary N) is 1. The highest BCUT2D eigenvalue weighted by Crippen LogP contribution is 2.21. The third kappa shape index (κ3) is 4.63. The third-order valence-electron chi connectivity index (χ3n) is 5.13. The van der Waals surface area contributed by atoms with Gasteiger partial charge >= 0.3 is 0 Å². The van der Waals surface area contributed by atoms with Gasteiger partial charge in [0.05, 0.1) is 10.9 Å². The Kier molecular flexibility index (Phi) is 6.30. The van der Waals surface area contributed by atoms with Crippen molar-refractivity contribution >= 4 is 21.6 Å². The normalized spacial score (nSPS) is 17.1. The van der Waals surface area contributed by atoms with E-state index in [9.17, 15) is 22.0 Å². The first-order chi connectivity index (χ1) is 13.7. The number of nitrogens with zero attached hydrogens (tertiary/aromatic N) is 2. The van der Waals surface area contributed by atoms with Gasteiger partial charge in [0.15, 0.2) is 11.6 Å². The maximum absolute atomic E-state index is 13.4. The molecule has 1 aliphatic heterocycles. The number of amides is 1. The smallest absolute Gasteiger partial charge is 0.243 e. The fraction of sp³-hybridized carbons (Fsp3) is 0.350. The van der Waals surface area contributed by atoms with Gasteiger partial charge in [-0.1, -0.05) is 18.2 Å². The lowest BCUT2D eigenvalue weighted by atomic mass is 10.2. The minimum Gasteiger partial charge on any atom is -0.324 e. The number of piperazine rings is 1. The third-order valence-corrected chi connectivity index (χ3v) is 7.03. The monoisotopic (exact) mass is 423 g/mol. The van der Waals surface area contributed by atoms with Crippen LogP contribution in [0.4, 0.5) is 14.5 Å². The maximum Gasteiger partial charge on any atom is 0.243 e. The van der Waals surface area contributed by atoms with Crippen LogP contribution in [0.25, 0.3) is 0 Å². The molecule has 2 aromatic carbocycles. The summed E-state index contributed by atoms with van der Waals surface area (Å²) in [6.45, 7) is 4.69. The Morgan fingerprint density at radius 2 is 1.69 bits per heavy atom. The first-order valence-electron chi connectivity index (χ1n) is 9.26. The number of hydrogen-bond donors (Lipinski definition) is 1. The number of benzene rings is 2. The average Bonchev–Trinajstić information content (AvgIpc) is 2.71. The van der Waals surface area contributed by atoms with Crippen molar-refractivity contribution in [3.05, 3.63) is 59.7 Å². The van der Waals surface area contributed by atoms with E-state index in [4.69, 9.17) is 0 Å². The molecule has 1 saturated heterocycles. The van der Waals surface area contributed by atoms with Gasteiger partial charge in [-0.05, 0) is 43.7 Å². The SMILES string of the molecule is Cc1ccccc1NC(=O)C(C)N1CCN(S(=O)(=O)c2ccc(F)c(F)c2)CC1. The molecule has 0 saturated carbocycles. The maximum atomic E-state index is 13.4. The van der Waals surface area contributed by atoms with Crippen LogP contribution in [-0.4, -0.2) is 55.8 Å². The molecule has 1 heterocycles. The van der Waals surface area contributed by atoms with Gasteiger partial charge in [-0.3, -0.25) is 9.69 Å². The first kappa shape index (κ1) is 21.4. The van der Waals surface area contributed by atoms with Crippen LogP contribution in [-0.2, 0) is 14.8 Å². The quantitative estimate of drug-likeness (QED) is 0.803. The molecule has 29 heavy (non-hydrogen) atoms. The fourth-order valence-electron chi connectivity index (χ4n) is 3.23. The summed E-state index contributed by atoms with van der Waals surface area (Å²) < 4.78 is 53.1. The van der Waals surface area contributed by atoms with Crippen molar-refractivity contribution in [1.82, 2.24) is 9.21 Å². The molecule has 156 valence electrons. The lowest BCUT2D eigenvalue weighted by Crippen LogP contribution is -2.53. The van der Waals surface area contributed by atoms with Gasteiger partial charge in [0.25, 0.3) is 0 Å². The topological polar surface area (TPSA) is 69.7 Å². The van der Waals surface area contributed by atoms with E-state index in [1.807, 2.05) is 36.1 Å². The number of sulfonamides is 1. The molecule has 1 unspecified atom stereocenters. The van der Waals surface area contributed by atoms with Crippen molar-refractivity contribution in [2.75, 3.05) is 31.5 Å². The van der Waals surface area contributed by atoms with E-state index in [1.165, 1.54) is 4.31 Å². The summed E-state index contributed by atoms with van der Waals surface area (Å²) in [5.74, 6) is -2.47. The molecule has 0 radical (unpaired) electrons. The number of para-hydroxylation sites is 1. The Hall–Kier alpha value is -2.36. The van der Waals surface area contributed by atoms with Crippen LogP contribution in [0.3, 0.4) is 0 Å². The van der Waals surface area contributed by atoms with Crippen LogP contribution in [0.15, 0.2) is 47.4 Å². The number of aryl methyl sites for hydroxylation is 1. The molecule has 0 spiro atoms. The molecule has 0 bridgehead atoms. The second-order valence-corrected chi connectivity index (χ2v) is 8.93. The molecule has 6 nitrogen and oxygen atoms in total. The van der Waals surface area contributed by atoms with Gasteiger partial charge in [0.1, 0.15) is 0 Å². The molecular formula is C20H23F2N3O3S. The van der Waals surface area contributed by atoms with E-state index in [2.05, 4.69) is 5.32 Å². The van der Waals surface area contributed by atoms with Gasteiger partial charge in [0, 0.05) is 31.9 Å². The zero-order chi connectivity index (χ0) is 21.2. The van der Waals surface area contributed by atoms with Crippen LogP contribution >= 0.6 is 0 Å². The summed E-state index contributed by atoms with van der Waals surface area (Å²) in [7, 11) is -3.93. The lowest BCUT2D eigenvalue weighted by Gasteiger charge is -2.36. The van der Waals surface area contributed by atoms with Gasteiger partial charge < -0.3 is 5.32 Å². The highest BCUT2D eigenvalue weighted by atomic mass is 32.2. The number of halogens is 2. The van der Waals surface area contributed by atoms with Crippen LogP contribution in [0, 0.1) is 18.6 Å². The Labute approximate surface area is 169 Å². The Balaban J connectivity index is 1.62. The number of carbonyl (C=O) groups is 1. The highest BCUT2D eigenvalue weighted by Gasteiger charge is 2.32. The van der Waals surface area contributed by atoms with Crippen LogP contribution in [0.5, 0.6) is 0 Å². The lowest BCUT2D eigenvalue weighted by molar-refractivity contribution is -0.121. The molecule has 0 aliphatic carbocycles. The average molecular weight is 423 g/mol. The van der Waals surface area contributed by atoms with Crippen LogP contribution in [0.1, 0.15) is 12.5 Å². The molecule has 9 heteroatoms. The fourth-order valence-corrected chi connectivity index (χ4v) is 4.67. The summed E-state index contributed by atoms with van der Waals surface area (Å²) in [5.41, 5.74) is 1.69. The first-order valence-corrected chi connectivity index (χ1v) is 10.7. The summed E-state index contributed by atoms with van der Waals surface area (Å²) in [4.78, 5) is 14.2. The second-order valence-electron chi connectivity index (χ2n) is 7.00. The Morgan fingerprint density at radius 1 is 1.03 bits per heavy atom. The van der Waals surface area contributed by atoms with Crippen molar-refractivity contribution in [2.24, 2.45) is 0 Å². The van der Waals surface area contributed by atoms with E-state index in [1.54, 1.807) is 6.92 Å². The summed E-state index contributed by atoms with van der Waals surface area (Å²) >= 11 is 0. The standard InChI is InChI=1S/C20H23F2N3O3S/c1-14-5-3-4-6-19(14)23-20(26)15(2)24-9-11-25(12-10-24)29(27,28)16-7-8-17(21)18(22)13-16/h3-8,13,15H,9-12H2,1-2H3,(H,23,26). The number of anilines is 1. The van der Waals surface area contributed by atoms with Gasteiger partial charge in [-0.2, -0.15) is 4.31 Å². The molecular weight excluding hydrogens is 400 g/mol. The summed E-state index contributed by atoms with van der Waals surface area (Å²) in [5, 5.41) is 2.90. The molecule has 1 fully saturated rings. The van der Waals surface area contributed by atoms with Crippen LogP contribution in [0.2, 0.25) is 0 Å². The van der Waals surface area contributed by atoms with Crippen molar-refractivity contribution in [3.63, 3.8) is 0 Å². The van der Waals surface area contributed by atoms with Crippen molar-refractivity contribution in [2.45, 2.75) is 24.8 Å².